The third-order valence-corrected chi connectivity index (χ3v) is 4.34. The van der Waals surface area contributed by atoms with Crippen molar-refractivity contribution < 1.29 is 19.4 Å². The first-order valence-corrected chi connectivity index (χ1v) is 8.57. The van der Waals surface area contributed by atoms with Gasteiger partial charge in [0.25, 0.3) is 11.4 Å². The summed E-state index contributed by atoms with van der Waals surface area (Å²) in [7, 11) is 0. The fourth-order valence-corrected chi connectivity index (χ4v) is 2.99. The first-order valence-electron chi connectivity index (χ1n) is 8.57. The van der Waals surface area contributed by atoms with Crippen LogP contribution in [0.1, 0.15) is 48.5 Å². The number of hydrogen-bond acceptors (Lipinski definition) is 6. The summed E-state index contributed by atoms with van der Waals surface area (Å²) in [6.07, 6.45) is 0.810. The molecule has 0 aromatic heterocycles. The molecule has 0 radical (unpaired) electrons. The van der Waals surface area contributed by atoms with Crippen molar-refractivity contribution in [3.63, 3.8) is 0 Å². The zero-order chi connectivity index (χ0) is 20.0. The van der Waals surface area contributed by atoms with Crippen molar-refractivity contribution in [2.45, 2.75) is 38.7 Å². The average Bonchev–Trinajstić information content (AvgIpc) is 2.67. The molecule has 0 saturated carbocycles. The van der Waals surface area contributed by atoms with Crippen molar-refractivity contribution in [2.24, 2.45) is 0 Å². The minimum atomic E-state index is -0.817. The molecule has 0 saturated heterocycles. The minimum absolute atomic E-state index is 0.0474. The van der Waals surface area contributed by atoms with Gasteiger partial charge in [-0.3, -0.25) is 20.2 Å². The van der Waals surface area contributed by atoms with E-state index in [4.69, 9.17) is 4.74 Å². The first kappa shape index (κ1) is 20.0. The highest BCUT2D eigenvalue weighted by atomic mass is 16.6. The highest BCUT2D eigenvalue weighted by Gasteiger charge is 2.27. The molecule has 8 heteroatoms. The Morgan fingerprint density at radius 1 is 0.963 bits per heavy atom. The molecule has 8 nitrogen and oxygen atoms in total. The number of carbonyl (C=O) groups is 1. The Labute approximate surface area is 156 Å². The summed E-state index contributed by atoms with van der Waals surface area (Å²) < 4.78 is 5.58. The molecule has 2 rings (SSSR count). The molecule has 142 valence electrons. The number of nitrogens with zero attached hydrogens (tertiary/aromatic N) is 2. The Balaban J connectivity index is 2.31. The number of hydrogen-bond donors (Lipinski definition) is 0. The van der Waals surface area contributed by atoms with Crippen LogP contribution in [-0.4, -0.2) is 21.9 Å². The number of nitro benzene ring substituents is 2. The van der Waals surface area contributed by atoms with Crippen LogP contribution >= 0.6 is 0 Å². The fourth-order valence-electron chi connectivity index (χ4n) is 2.99. The van der Waals surface area contributed by atoms with Crippen molar-refractivity contribution in [3.8, 4) is 0 Å². The summed E-state index contributed by atoms with van der Waals surface area (Å²) in [4.78, 5) is 33.0. The van der Waals surface area contributed by atoms with E-state index in [1.54, 1.807) is 0 Å². The number of nitro groups is 2. The van der Waals surface area contributed by atoms with E-state index in [2.05, 4.69) is 0 Å². The number of esters is 1. The second kappa shape index (κ2) is 8.88. The Morgan fingerprint density at radius 3 is 1.96 bits per heavy atom. The van der Waals surface area contributed by atoms with Gasteiger partial charge in [-0.05, 0) is 18.4 Å². The Hall–Kier alpha value is -3.29. The van der Waals surface area contributed by atoms with E-state index < -0.39 is 33.3 Å². The van der Waals surface area contributed by atoms with Crippen LogP contribution in [0.25, 0.3) is 0 Å². The van der Waals surface area contributed by atoms with E-state index in [0.717, 1.165) is 30.2 Å². The van der Waals surface area contributed by atoms with E-state index in [1.807, 2.05) is 44.2 Å². The maximum absolute atomic E-state index is 12.5. The first-order chi connectivity index (χ1) is 12.9. The molecule has 0 aliphatic heterocycles. The van der Waals surface area contributed by atoms with Gasteiger partial charge in [-0.25, -0.2) is 4.79 Å². The van der Waals surface area contributed by atoms with Crippen molar-refractivity contribution in [3.05, 3.63) is 79.9 Å². The molecule has 0 spiro atoms. The lowest BCUT2D eigenvalue weighted by atomic mass is 9.89. The van der Waals surface area contributed by atoms with Crippen LogP contribution in [0.15, 0.2) is 48.5 Å². The summed E-state index contributed by atoms with van der Waals surface area (Å²) in [5.74, 6) is -0.864. The molecule has 1 unspecified atom stereocenters. The van der Waals surface area contributed by atoms with Crippen LogP contribution in [0.3, 0.4) is 0 Å². The highest BCUT2D eigenvalue weighted by Crippen LogP contribution is 2.29. The molecule has 2 aromatic carbocycles. The fraction of sp³-hybridized carbons (Fsp3) is 0.316. The molecule has 0 bridgehead atoms. The van der Waals surface area contributed by atoms with Gasteiger partial charge in [-0.15, -0.1) is 0 Å². The van der Waals surface area contributed by atoms with Crippen LogP contribution in [0.2, 0.25) is 0 Å². The Bertz CT molecular complexity index is 805. The quantitative estimate of drug-likeness (QED) is 0.379. The number of non-ortho nitro benzene ring substituents is 2. The van der Waals surface area contributed by atoms with E-state index in [1.165, 1.54) is 0 Å². The van der Waals surface area contributed by atoms with Crippen LogP contribution in [0.4, 0.5) is 11.4 Å². The lowest BCUT2D eigenvalue weighted by molar-refractivity contribution is -0.394. The zero-order valence-electron chi connectivity index (χ0n) is 15.0. The van der Waals surface area contributed by atoms with Gasteiger partial charge in [0.1, 0.15) is 6.10 Å². The molecule has 0 aliphatic rings. The second-order valence-corrected chi connectivity index (χ2v) is 6.03. The lowest BCUT2D eigenvalue weighted by Crippen LogP contribution is -2.25. The number of rotatable bonds is 8. The predicted molar refractivity (Wildman–Crippen MR) is 98.7 cm³/mol. The van der Waals surface area contributed by atoms with Gasteiger partial charge < -0.3 is 4.74 Å². The topological polar surface area (TPSA) is 113 Å². The normalized spacial score (nSPS) is 12.8. The summed E-state index contributed by atoms with van der Waals surface area (Å²) in [5.41, 5.74) is -0.250. The predicted octanol–water partition coefficient (Wildman–Crippen LogP) is 4.63. The average molecular weight is 372 g/mol. The molecule has 0 amide bonds. The van der Waals surface area contributed by atoms with Gasteiger partial charge in [-0.1, -0.05) is 44.2 Å². The molecule has 2 aromatic rings. The highest BCUT2D eigenvalue weighted by molar-refractivity contribution is 5.91. The molecule has 0 heterocycles. The van der Waals surface area contributed by atoms with Crippen molar-refractivity contribution in [1.29, 1.82) is 0 Å². The van der Waals surface area contributed by atoms with Gasteiger partial charge in [0.2, 0.25) is 0 Å². The Kier molecular flexibility index (Phi) is 6.59. The van der Waals surface area contributed by atoms with Gasteiger partial charge in [0.05, 0.1) is 21.5 Å². The third-order valence-electron chi connectivity index (χ3n) is 4.34. The lowest BCUT2D eigenvalue weighted by Gasteiger charge is -2.25. The monoisotopic (exact) mass is 372 g/mol. The third kappa shape index (κ3) is 4.87. The molecular formula is C19H20N2O6. The molecule has 0 N–H and O–H groups in total. The summed E-state index contributed by atoms with van der Waals surface area (Å²) in [5, 5.41) is 22.0. The number of carbonyl (C=O) groups excluding carboxylic acids is 1. The van der Waals surface area contributed by atoms with E-state index in [0.29, 0.717) is 6.42 Å². The van der Waals surface area contributed by atoms with Gasteiger partial charge in [-0.2, -0.15) is 0 Å². The van der Waals surface area contributed by atoms with Crippen LogP contribution < -0.4 is 0 Å². The van der Waals surface area contributed by atoms with E-state index in [-0.39, 0.29) is 11.5 Å². The second-order valence-electron chi connectivity index (χ2n) is 6.03. The Morgan fingerprint density at radius 2 is 1.52 bits per heavy atom. The summed E-state index contributed by atoms with van der Waals surface area (Å²) in [6.45, 7) is 3.85. The molecular weight excluding hydrogens is 352 g/mol. The summed E-state index contributed by atoms with van der Waals surface area (Å²) >= 11 is 0. The maximum Gasteiger partial charge on any atom is 0.338 e. The van der Waals surface area contributed by atoms with E-state index in [9.17, 15) is 25.0 Å². The number of benzene rings is 2. The van der Waals surface area contributed by atoms with Crippen LogP contribution in [-0.2, 0) is 4.74 Å². The smallest absolute Gasteiger partial charge is 0.338 e. The van der Waals surface area contributed by atoms with Gasteiger partial charge in [0, 0.05) is 18.1 Å². The molecule has 27 heavy (non-hydrogen) atoms. The van der Waals surface area contributed by atoms with E-state index >= 15 is 0 Å². The molecule has 2 atom stereocenters. The van der Waals surface area contributed by atoms with Crippen LogP contribution in [0.5, 0.6) is 0 Å². The van der Waals surface area contributed by atoms with Crippen molar-refractivity contribution in [2.75, 3.05) is 0 Å². The van der Waals surface area contributed by atoms with Crippen LogP contribution in [0, 0.1) is 20.2 Å². The summed E-state index contributed by atoms with van der Waals surface area (Å²) in [6, 6.07) is 12.4. The van der Waals surface area contributed by atoms with Gasteiger partial charge in [0.15, 0.2) is 0 Å². The number of ether oxygens (including phenoxy) is 1. The molecule has 0 aliphatic carbocycles. The zero-order valence-corrected chi connectivity index (χ0v) is 15.0. The maximum atomic E-state index is 12.5. The minimum Gasteiger partial charge on any atom is -0.458 e. The van der Waals surface area contributed by atoms with Crippen molar-refractivity contribution >= 4 is 17.3 Å². The standard InChI is InChI=1S/C19H20N2O6/c1-3-17(13-8-6-5-7-9-13)18(4-2)27-19(22)14-10-15(20(23)24)12-16(11-14)21(25)26/h5-12,17-18H,3-4H2,1-2H3/t17?,18-/m1/s1. The van der Waals surface area contributed by atoms with Gasteiger partial charge >= 0.3 is 5.97 Å². The van der Waals surface area contributed by atoms with Crippen molar-refractivity contribution in [1.82, 2.24) is 0 Å². The largest absolute Gasteiger partial charge is 0.458 e. The SMILES string of the molecule is CCC(c1ccccc1)[C@@H](CC)OC(=O)c1cc([N+](=O)[O-])cc([N+](=O)[O-])c1. The molecule has 0 fully saturated rings.